The van der Waals surface area contributed by atoms with Crippen LogP contribution in [0.1, 0.15) is 35.0 Å². The van der Waals surface area contributed by atoms with Gasteiger partial charge in [-0.2, -0.15) is 0 Å². The van der Waals surface area contributed by atoms with Gasteiger partial charge < -0.3 is 15.3 Å². The van der Waals surface area contributed by atoms with Gasteiger partial charge in [-0.25, -0.2) is 0 Å². The van der Waals surface area contributed by atoms with Gasteiger partial charge in [-0.3, -0.25) is 4.90 Å². The summed E-state index contributed by atoms with van der Waals surface area (Å²) in [7, 11) is 0. The molecule has 3 N–H and O–H groups in total. The topological polar surface area (TPSA) is 63.9 Å². The minimum absolute atomic E-state index is 0. The predicted molar refractivity (Wildman–Crippen MR) is 111 cm³/mol. The van der Waals surface area contributed by atoms with Gasteiger partial charge in [0.05, 0.1) is 18.3 Å². The van der Waals surface area contributed by atoms with Crippen LogP contribution in [0.3, 0.4) is 0 Å². The van der Waals surface area contributed by atoms with Gasteiger partial charge in [0.25, 0.3) is 0 Å². The van der Waals surface area contributed by atoms with Gasteiger partial charge in [-0.1, -0.05) is 91.0 Å². The molecule has 3 atom stereocenters. The number of aliphatic hydroxyl groups excluding tert-OH is 3. The summed E-state index contributed by atoms with van der Waals surface area (Å²) in [5.41, 5.74) is 2.45. The zero-order valence-electron chi connectivity index (χ0n) is 16.3. The molecule has 0 saturated heterocycles. The van der Waals surface area contributed by atoms with Crippen molar-refractivity contribution in [3.63, 3.8) is 0 Å². The van der Waals surface area contributed by atoms with E-state index >= 15 is 0 Å². The van der Waals surface area contributed by atoms with E-state index in [0.29, 0.717) is 19.6 Å². The average molecular weight is 425 g/mol. The first kappa shape index (κ1) is 23.5. The van der Waals surface area contributed by atoms with Crippen molar-refractivity contribution >= 4 is 0 Å². The minimum Gasteiger partial charge on any atom is -0.387 e. The van der Waals surface area contributed by atoms with Crippen LogP contribution in [-0.2, 0) is 21.7 Å². The van der Waals surface area contributed by atoms with Gasteiger partial charge >= 0.3 is 0 Å². The summed E-state index contributed by atoms with van der Waals surface area (Å²) in [5.74, 6) is 0. The van der Waals surface area contributed by atoms with Gasteiger partial charge in [-0.15, -0.1) is 0 Å². The Morgan fingerprint density at radius 1 is 0.483 bits per heavy atom. The molecule has 0 spiro atoms. The van der Waals surface area contributed by atoms with E-state index < -0.39 is 18.3 Å². The van der Waals surface area contributed by atoms with Crippen molar-refractivity contribution in [1.82, 2.24) is 4.90 Å². The fraction of sp³-hybridized carbons (Fsp3) is 0.250. The Bertz CT molecular complexity index is 704. The summed E-state index contributed by atoms with van der Waals surface area (Å²) >= 11 is 0. The number of hydrogen-bond donors (Lipinski definition) is 3. The number of benzene rings is 3. The van der Waals surface area contributed by atoms with Crippen LogP contribution >= 0.6 is 0 Å². The third kappa shape index (κ3) is 7.20. The summed E-state index contributed by atoms with van der Waals surface area (Å²) < 4.78 is 0. The molecule has 0 aliphatic carbocycles. The Morgan fingerprint density at radius 3 is 0.966 bits per heavy atom. The van der Waals surface area contributed by atoms with Crippen LogP contribution in [0.4, 0.5) is 0 Å². The first-order valence-electron chi connectivity index (χ1n) is 9.55. The molecule has 3 rings (SSSR count). The van der Waals surface area contributed by atoms with E-state index in [4.69, 9.17) is 0 Å². The standard InChI is InChI=1S/C24H27NO3.Ti/c26-22(19-10-4-1-5-11-19)16-25(17-23(27)20-12-6-2-7-13-20)18-24(28)21-14-8-3-9-15-21;/h1-15,22-24,26-28H,16-18H2;/t22-,23-,24+;/m1./s1. The molecular weight excluding hydrogens is 398 g/mol. The van der Waals surface area contributed by atoms with Gasteiger partial charge in [0.1, 0.15) is 0 Å². The molecule has 0 aliphatic rings. The molecule has 0 amide bonds. The molecule has 0 bridgehead atoms. The number of hydrogen-bond acceptors (Lipinski definition) is 4. The monoisotopic (exact) mass is 425 g/mol. The molecule has 0 heterocycles. The number of nitrogens with zero attached hydrogens (tertiary/aromatic N) is 1. The van der Waals surface area contributed by atoms with Crippen molar-refractivity contribution in [2.24, 2.45) is 0 Å². The van der Waals surface area contributed by atoms with E-state index in [1.165, 1.54) is 0 Å². The predicted octanol–water partition coefficient (Wildman–Crippen LogP) is 3.49. The first-order valence-corrected chi connectivity index (χ1v) is 9.55. The average Bonchev–Trinajstić information content (AvgIpc) is 2.75. The van der Waals surface area contributed by atoms with Gasteiger partial charge in [0.2, 0.25) is 0 Å². The maximum Gasteiger partial charge on any atom is 0.0916 e. The third-order valence-corrected chi connectivity index (χ3v) is 4.85. The van der Waals surface area contributed by atoms with Crippen molar-refractivity contribution in [3.8, 4) is 0 Å². The molecule has 0 fully saturated rings. The first-order chi connectivity index (χ1) is 13.6. The molecule has 3 aromatic carbocycles. The second-order valence-corrected chi connectivity index (χ2v) is 7.00. The molecule has 4 nitrogen and oxygen atoms in total. The molecule has 0 aromatic heterocycles. The number of aliphatic hydroxyl groups is 3. The molecule has 0 radical (unpaired) electrons. The van der Waals surface area contributed by atoms with Crippen LogP contribution in [0.2, 0.25) is 0 Å². The van der Waals surface area contributed by atoms with Crippen LogP contribution in [0, 0.1) is 0 Å². The SMILES string of the molecule is O[C@H](CN(C[C@@H](O)c1ccccc1)C[C@H](O)c1ccccc1)c1ccccc1.[Ti]. The molecule has 0 unspecified atom stereocenters. The van der Waals surface area contributed by atoms with Crippen molar-refractivity contribution in [2.45, 2.75) is 18.3 Å². The molecular formula is C24H27NO3Ti. The normalized spacial score (nSPS) is 14.1. The Hall–Kier alpha value is -1.79. The Labute approximate surface area is 187 Å². The summed E-state index contributed by atoms with van der Waals surface area (Å²) in [6, 6.07) is 28.3. The zero-order valence-corrected chi connectivity index (χ0v) is 17.9. The summed E-state index contributed by atoms with van der Waals surface area (Å²) in [6.45, 7) is 0.952. The van der Waals surface area contributed by atoms with E-state index in [1.54, 1.807) is 0 Å². The smallest absolute Gasteiger partial charge is 0.0916 e. The molecule has 5 heteroatoms. The maximum absolute atomic E-state index is 10.7. The van der Waals surface area contributed by atoms with Gasteiger partial charge in [0.15, 0.2) is 0 Å². The van der Waals surface area contributed by atoms with Crippen LogP contribution in [-0.4, -0.2) is 39.9 Å². The molecule has 3 aromatic rings. The van der Waals surface area contributed by atoms with Crippen molar-refractivity contribution in [1.29, 1.82) is 0 Å². The molecule has 150 valence electrons. The van der Waals surface area contributed by atoms with E-state index in [2.05, 4.69) is 0 Å². The van der Waals surface area contributed by atoms with Gasteiger partial charge in [-0.05, 0) is 16.7 Å². The van der Waals surface area contributed by atoms with E-state index in [-0.39, 0.29) is 21.7 Å². The maximum atomic E-state index is 10.7. The van der Waals surface area contributed by atoms with Crippen molar-refractivity contribution < 1.29 is 37.0 Å². The molecule has 29 heavy (non-hydrogen) atoms. The van der Waals surface area contributed by atoms with Gasteiger partial charge in [0, 0.05) is 41.4 Å². The van der Waals surface area contributed by atoms with Crippen LogP contribution in [0.5, 0.6) is 0 Å². The summed E-state index contributed by atoms with van der Waals surface area (Å²) in [4.78, 5) is 1.91. The quantitative estimate of drug-likeness (QED) is 0.460. The second-order valence-electron chi connectivity index (χ2n) is 7.00. The van der Waals surface area contributed by atoms with E-state index in [0.717, 1.165) is 16.7 Å². The van der Waals surface area contributed by atoms with E-state index in [1.807, 2.05) is 95.9 Å². The Kier molecular flexibility index (Phi) is 9.75. The van der Waals surface area contributed by atoms with Crippen LogP contribution in [0.25, 0.3) is 0 Å². The summed E-state index contributed by atoms with van der Waals surface area (Å²) in [5, 5.41) is 32.0. The number of rotatable bonds is 9. The van der Waals surface area contributed by atoms with Crippen molar-refractivity contribution in [3.05, 3.63) is 108 Å². The van der Waals surface area contributed by atoms with Crippen LogP contribution in [0.15, 0.2) is 91.0 Å². The summed E-state index contributed by atoms with van der Waals surface area (Å²) in [6.07, 6.45) is -2.11. The molecule has 0 aliphatic heterocycles. The largest absolute Gasteiger partial charge is 0.387 e. The zero-order chi connectivity index (χ0) is 19.8. The Morgan fingerprint density at radius 2 is 0.724 bits per heavy atom. The fourth-order valence-electron chi connectivity index (χ4n) is 3.30. The minimum atomic E-state index is -0.702. The van der Waals surface area contributed by atoms with Crippen molar-refractivity contribution in [2.75, 3.05) is 19.6 Å². The molecule has 0 saturated carbocycles. The van der Waals surface area contributed by atoms with Crippen LogP contribution < -0.4 is 0 Å². The van der Waals surface area contributed by atoms with E-state index in [9.17, 15) is 15.3 Å². The Balaban J connectivity index is 0.00000300. The second kappa shape index (κ2) is 12.0. The fourth-order valence-corrected chi connectivity index (χ4v) is 3.30. The third-order valence-electron chi connectivity index (χ3n) is 4.85.